The van der Waals surface area contributed by atoms with Crippen LogP contribution in [-0.2, 0) is 6.61 Å². The molecule has 0 unspecified atom stereocenters. The molecule has 6 nitrogen and oxygen atoms in total. The lowest BCUT2D eigenvalue weighted by atomic mass is 10.2. The number of nitrogens with zero attached hydrogens (tertiary/aromatic N) is 5. The molecule has 30 heavy (non-hydrogen) atoms. The lowest BCUT2D eigenvalue weighted by Crippen LogP contribution is -2.00. The van der Waals surface area contributed by atoms with Crippen LogP contribution in [0.5, 0.6) is 0 Å². The van der Waals surface area contributed by atoms with E-state index in [-0.39, 0.29) is 6.61 Å². The molecule has 0 amide bonds. The number of imidazole rings is 1. The summed E-state index contributed by atoms with van der Waals surface area (Å²) >= 11 is 0. The molecule has 4 heterocycles. The molecule has 1 aromatic carbocycles. The molecule has 0 radical (unpaired) electrons. The maximum Gasteiger partial charge on any atom is 0.165 e. The van der Waals surface area contributed by atoms with Gasteiger partial charge in [0.15, 0.2) is 5.65 Å². The van der Waals surface area contributed by atoms with Crippen molar-refractivity contribution in [1.29, 1.82) is 0 Å². The summed E-state index contributed by atoms with van der Waals surface area (Å²) in [6.45, 7) is -0.0287. The molecule has 4 aromatic heterocycles. The van der Waals surface area contributed by atoms with E-state index in [1.54, 1.807) is 18.5 Å². The van der Waals surface area contributed by atoms with Crippen LogP contribution in [-0.4, -0.2) is 29.6 Å². The van der Waals surface area contributed by atoms with Crippen molar-refractivity contribution in [2.75, 3.05) is 0 Å². The molecule has 5 aromatic rings. The van der Waals surface area contributed by atoms with Crippen LogP contribution in [0.4, 0.5) is 4.39 Å². The molecule has 0 aliphatic carbocycles. The highest BCUT2D eigenvalue weighted by Crippen LogP contribution is 2.29. The van der Waals surface area contributed by atoms with E-state index < -0.39 is 5.82 Å². The summed E-state index contributed by atoms with van der Waals surface area (Å²) in [6.07, 6.45) is 4.64. The quantitative estimate of drug-likeness (QED) is 0.492. The second-order valence-corrected chi connectivity index (χ2v) is 6.74. The van der Waals surface area contributed by atoms with Gasteiger partial charge in [-0.2, -0.15) is 0 Å². The predicted octanol–water partition coefficient (Wildman–Crippen LogP) is 4.18. The van der Waals surface area contributed by atoms with Gasteiger partial charge in [-0.1, -0.05) is 12.1 Å². The first kappa shape index (κ1) is 18.1. The molecule has 7 heteroatoms. The number of halogens is 1. The highest BCUT2D eigenvalue weighted by Gasteiger charge is 2.17. The highest BCUT2D eigenvalue weighted by molar-refractivity contribution is 5.82. The van der Waals surface area contributed by atoms with E-state index in [2.05, 4.69) is 9.97 Å². The third-order valence-electron chi connectivity index (χ3n) is 4.79. The Morgan fingerprint density at radius 3 is 2.40 bits per heavy atom. The standard InChI is InChI=1S/C23H16FN5O/c24-17-5-8-19(26-13-17)20-9-10-21-23(27-20)29(18-6-3-15(14-30)4-7-18)22(28-21)16-2-1-11-25-12-16/h1-13,30H,14H2. The molecule has 1 N–H and O–H groups in total. The van der Waals surface area contributed by atoms with Crippen LogP contribution in [0.2, 0.25) is 0 Å². The molecule has 0 saturated heterocycles. The molecule has 0 atom stereocenters. The number of fused-ring (bicyclic) bond motifs is 1. The van der Waals surface area contributed by atoms with Gasteiger partial charge in [0.2, 0.25) is 0 Å². The van der Waals surface area contributed by atoms with E-state index in [1.807, 2.05) is 53.1 Å². The number of rotatable bonds is 4. The zero-order chi connectivity index (χ0) is 20.5. The summed E-state index contributed by atoms with van der Waals surface area (Å²) in [4.78, 5) is 17.9. The van der Waals surface area contributed by atoms with Crippen molar-refractivity contribution < 1.29 is 9.50 Å². The molecular weight excluding hydrogens is 381 g/mol. The van der Waals surface area contributed by atoms with Gasteiger partial charge in [0.05, 0.1) is 24.2 Å². The Kier molecular flexibility index (Phi) is 4.49. The van der Waals surface area contributed by atoms with Crippen molar-refractivity contribution >= 4 is 11.2 Å². The second-order valence-electron chi connectivity index (χ2n) is 6.74. The Bertz CT molecular complexity index is 1320. The lowest BCUT2D eigenvalue weighted by molar-refractivity contribution is 0.282. The largest absolute Gasteiger partial charge is 0.392 e. The number of hydrogen-bond donors (Lipinski definition) is 1. The lowest BCUT2D eigenvalue weighted by Gasteiger charge is -2.10. The maximum absolute atomic E-state index is 13.3. The first-order chi connectivity index (χ1) is 14.7. The number of benzene rings is 1. The first-order valence-electron chi connectivity index (χ1n) is 9.35. The fraction of sp³-hybridized carbons (Fsp3) is 0.0435. The molecule has 146 valence electrons. The Hall–Kier alpha value is -3.97. The topological polar surface area (TPSA) is 76.7 Å². The summed E-state index contributed by atoms with van der Waals surface area (Å²) in [5.74, 6) is 0.305. The van der Waals surface area contributed by atoms with E-state index in [0.29, 0.717) is 28.4 Å². The summed E-state index contributed by atoms with van der Waals surface area (Å²) in [5, 5.41) is 9.37. The average Bonchev–Trinajstić information content (AvgIpc) is 3.19. The summed E-state index contributed by atoms with van der Waals surface area (Å²) in [5.41, 5.74) is 5.07. The van der Waals surface area contributed by atoms with E-state index in [4.69, 9.17) is 9.97 Å². The van der Waals surface area contributed by atoms with Crippen LogP contribution in [0.3, 0.4) is 0 Å². The Balaban J connectivity index is 1.75. The van der Waals surface area contributed by atoms with Crippen molar-refractivity contribution in [3.05, 3.63) is 90.6 Å². The van der Waals surface area contributed by atoms with Gasteiger partial charge in [0.1, 0.15) is 17.2 Å². The van der Waals surface area contributed by atoms with E-state index in [0.717, 1.165) is 16.8 Å². The number of pyridine rings is 3. The van der Waals surface area contributed by atoms with Gasteiger partial charge in [0, 0.05) is 23.6 Å². The first-order valence-corrected chi connectivity index (χ1v) is 9.35. The summed E-state index contributed by atoms with van der Waals surface area (Å²) in [6, 6.07) is 18.0. The van der Waals surface area contributed by atoms with Crippen LogP contribution in [0.15, 0.2) is 79.3 Å². The minimum Gasteiger partial charge on any atom is -0.392 e. The number of aromatic nitrogens is 5. The fourth-order valence-corrected chi connectivity index (χ4v) is 3.31. The van der Waals surface area contributed by atoms with Crippen molar-refractivity contribution in [3.63, 3.8) is 0 Å². The maximum atomic E-state index is 13.3. The summed E-state index contributed by atoms with van der Waals surface area (Å²) < 4.78 is 15.2. The minimum atomic E-state index is -0.396. The molecule has 0 aliphatic heterocycles. The van der Waals surface area contributed by atoms with Crippen molar-refractivity contribution in [2.45, 2.75) is 6.61 Å². The average molecular weight is 397 g/mol. The molecule has 0 fully saturated rings. The van der Waals surface area contributed by atoms with Gasteiger partial charge < -0.3 is 5.11 Å². The minimum absolute atomic E-state index is 0.0287. The van der Waals surface area contributed by atoms with Gasteiger partial charge in [-0.25, -0.2) is 14.4 Å². The molecule has 5 rings (SSSR count). The molecule has 0 saturated carbocycles. The number of hydrogen-bond acceptors (Lipinski definition) is 5. The predicted molar refractivity (Wildman–Crippen MR) is 111 cm³/mol. The zero-order valence-electron chi connectivity index (χ0n) is 15.8. The third kappa shape index (κ3) is 3.21. The number of aliphatic hydroxyl groups is 1. The zero-order valence-corrected chi connectivity index (χ0v) is 15.8. The van der Waals surface area contributed by atoms with Gasteiger partial charge in [-0.3, -0.25) is 14.5 Å². The Morgan fingerprint density at radius 1 is 0.867 bits per heavy atom. The molecule has 0 spiro atoms. The smallest absolute Gasteiger partial charge is 0.165 e. The van der Waals surface area contributed by atoms with E-state index >= 15 is 0 Å². The monoisotopic (exact) mass is 397 g/mol. The van der Waals surface area contributed by atoms with Crippen molar-refractivity contribution in [1.82, 2.24) is 24.5 Å². The van der Waals surface area contributed by atoms with Crippen LogP contribution in [0.25, 0.3) is 39.6 Å². The van der Waals surface area contributed by atoms with Crippen LogP contribution >= 0.6 is 0 Å². The SMILES string of the molecule is OCc1ccc(-n2c(-c3cccnc3)nc3ccc(-c4ccc(F)cn4)nc32)cc1. The van der Waals surface area contributed by atoms with Crippen molar-refractivity contribution in [3.8, 4) is 28.5 Å². The molecule has 0 aliphatic rings. The highest BCUT2D eigenvalue weighted by atomic mass is 19.1. The van der Waals surface area contributed by atoms with E-state index in [9.17, 15) is 9.50 Å². The third-order valence-corrected chi connectivity index (χ3v) is 4.79. The fourth-order valence-electron chi connectivity index (χ4n) is 3.31. The van der Waals surface area contributed by atoms with Crippen LogP contribution in [0.1, 0.15) is 5.56 Å². The second kappa shape index (κ2) is 7.46. The van der Waals surface area contributed by atoms with Gasteiger partial charge in [0.25, 0.3) is 0 Å². The molecular formula is C23H16FN5O. The summed E-state index contributed by atoms with van der Waals surface area (Å²) in [7, 11) is 0. The molecule has 0 bridgehead atoms. The van der Waals surface area contributed by atoms with E-state index in [1.165, 1.54) is 12.3 Å². The normalized spacial score (nSPS) is 11.1. The van der Waals surface area contributed by atoms with Gasteiger partial charge >= 0.3 is 0 Å². The van der Waals surface area contributed by atoms with Crippen LogP contribution in [0, 0.1) is 5.82 Å². The van der Waals surface area contributed by atoms with Crippen LogP contribution < -0.4 is 0 Å². The van der Waals surface area contributed by atoms with Gasteiger partial charge in [-0.05, 0) is 54.1 Å². The number of aliphatic hydroxyl groups excluding tert-OH is 1. The van der Waals surface area contributed by atoms with Crippen molar-refractivity contribution in [2.24, 2.45) is 0 Å². The Morgan fingerprint density at radius 2 is 1.70 bits per heavy atom. The van der Waals surface area contributed by atoms with Gasteiger partial charge in [-0.15, -0.1) is 0 Å². The Labute approximate surface area is 171 Å².